The van der Waals surface area contributed by atoms with Crippen molar-refractivity contribution in [1.29, 1.82) is 0 Å². The van der Waals surface area contributed by atoms with Crippen LogP contribution in [0.1, 0.15) is 48.3 Å². The predicted molar refractivity (Wildman–Crippen MR) is 121 cm³/mol. The second-order valence-electron chi connectivity index (χ2n) is 8.23. The minimum atomic E-state index is 0.299. The van der Waals surface area contributed by atoms with E-state index in [9.17, 15) is 4.79 Å². The summed E-state index contributed by atoms with van der Waals surface area (Å²) in [6.45, 7) is 1.74. The highest BCUT2D eigenvalue weighted by molar-refractivity contribution is 5.76. The van der Waals surface area contributed by atoms with Gasteiger partial charge in [0.1, 0.15) is 0 Å². The van der Waals surface area contributed by atoms with Crippen LogP contribution >= 0.6 is 0 Å². The number of carbonyl (C=O) groups excluding carboxylic acids is 1. The number of benzene rings is 2. The van der Waals surface area contributed by atoms with Crippen molar-refractivity contribution in [2.75, 3.05) is 13.1 Å². The lowest BCUT2D eigenvalue weighted by atomic mass is 9.76. The Morgan fingerprint density at radius 2 is 1.53 bits per heavy atom. The molecule has 1 aliphatic heterocycles. The molecule has 3 nitrogen and oxygen atoms in total. The van der Waals surface area contributed by atoms with E-state index in [0.29, 0.717) is 24.2 Å². The van der Waals surface area contributed by atoms with E-state index in [1.54, 1.807) is 6.20 Å². The molecule has 0 atom stereocenters. The third-order valence-electron chi connectivity index (χ3n) is 6.26. The van der Waals surface area contributed by atoms with Crippen molar-refractivity contribution < 1.29 is 4.79 Å². The number of aromatic nitrogens is 1. The molecule has 0 aliphatic carbocycles. The van der Waals surface area contributed by atoms with Gasteiger partial charge in [-0.25, -0.2) is 0 Å². The fourth-order valence-corrected chi connectivity index (χ4v) is 4.69. The Morgan fingerprint density at radius 1 is 0.900 bits per heavy atom. The SMILES string of the molecule is O=C(CCCc1cccnc1)N1CCC(C(c2ccccc2)c2ccccc2)CC1. The molecule has 2 heterocycles. The van der Waals surface area contributed by atoms with E-state index in [-0.39, 0.29) is 0 Å². The van der Waals surface area contributed by atoms with Crippen molar-refractivity contribution in [3.63, 3.8) is 0 Å². The molecule has 2 aromatic carbocycles. The minimum Gasteiger partial charge on any atom is -0.343 e. The first-order valence-electron chi connectivity index (χ1n) is 11.1. The molecule has 4 rings (SSSR count). The number of rotatable bonds is 7. The van der Waals surface area contributed by atoms with Gasteiger partial charge in [0.2, 0.25) is 5.91 Å². The van der Waals surface area contributed by atoms with Gasteiger partial charge in [0.25, 0.3) is 0 Å². The van der Waals surface area contributed by atoms with Gasteiger partial charge in [0.15, 0.2) is 0 Å². The minimum absolute atomic E-state index is 0.299. The topological polar surface area (TPSA) is 33.2 Å². The maximum Gasteiger partial charge on any atom is 0.222 e. The van der Waals surface area contributed by atoms with Crippen LogP contribution in [0.25, 0.3) is 0 Å². The van der Waals surface area contributed by atoms with Crippen LogP contribution in [0.15, 0.2) is 85.2 Å². The largest absolute Gasteiger partial charge is 0.343 e. The quantitative estimate of drug-likeness (QED) is 0.528. The number of amides is 1. The number of hydrogen-bond acceptors (Lipinski definition) is 2. The molecular weight excluding hydrogens is 368 g/mol. The highest BCUT2D eigenvalue weighted by Gasteiger charge is 2.30. The molecule has 0 bridgehead atoms. The number of piperidine rings is 1. The molecule has 0 saturated carbocycles. The normalized spacial score (nSPS) is 14.8. The van der Waals surface area contributed by atoms with Crippen molar-refractivity contribution in [2.45, 2.75) is 38.0 Å². The molecule has 1 aromatic heterocycles. The molecule has 1 fully saturated rings. The lowest BCUT2D eigenvalue weighted by Gasteiger charge is -2.36. The molecule has 3 heteroatoms. The summed E-state index contributed by atoms with van der Waals surface area (Å²) in [6.07, 6.45) is 8.23. The van der Waals surface area contributed by atoms with Crippen molar-refractivity contribution >= 4 is 5.91 Å². The second-order valence-corrected chi connectivity index (χ2v) is 8.23. The standard InChI is InChI=1S/C27H30N2O/c30-26(15-7-9-22-10-8-18-28-21-22)29-19-16-25(17-20-29)27(23-11-3-1-4-12-23)24-13-5-2-6-14-24/h1-6,8,10-14,18,21,25,27H,7,9,15-17,19-20H2. The molecule has 0 N–H and O–H groups in total. The van der Waals surface area contributed by atoms with Crippen LogP contribution in [0, 0.1) is 5.92 Å². The summed E-state index contributed by atoms with van der Waals surface area (Å²) in [5.74, 6) is 1.26. The van der Waals surface area contributed by atoms with E-state index < -0.39 is 0 Å². The van der Waals surface area contributed by atoms with Gasteiger partial charge in [-0.1, -0.05) is 66.7 Å². The van der Waals surface area contributed by atoms with Crippen molar-refractivity contribution in [3.8, 4) is 0 Å². The number of hydrogen-bond donors (Lipinski definition) is 0. The Kier molecular flexibility index (Phi) is 6.91. The van der Waals surface area contributed by atoms with Crippen LogP contribution in [-0.2, 0) is 11.2 Å². The molecular formula is C27H30N2O. The molecule has 3 aromatic rings. The average Bonchev–Trinajstić information content (AvgIpc) is 2.82. The van der Waals surface area contributed by atoms with E-state index in [1.165, 1.54) is 16.7 Å². The summed E-state index contributed by atoms with van der Waals surface area (Å²) in [6, 6.07) is 25.7. The summed E-state index contributed by atoms with van der Waals surface area (Å²) in [5, 5.41) is 0. The Hall–Kier alpha value is -2.94. The Balaban J connectivity index is 1.34. The maximum atomic E-state index is 12.7. The zero-order valence-corrected chi connectivity index (χ0v) is 17.5. The number of pyridine rings is 1. The summed E-state index contributed by atoms with van der Waals surface area (Å²) >= 11 is 0. The molecule has 0 unspecified atom stereocenters. The van der Waals surface area contributed by atoms with Gasteiger partial charge in [-0.15, -0.1) is 0 Å². The Bertz CT molecular complexity index is 864. The fraction of sp³-hybridized carbons (Fsp3) is 0.333. The molecule has 1 aliphatic rings. The molecule has 154 valence electrons. The van der Waals surface area contributed by atoms with Gasteiger partial charge in [0.05, 0.1) is 0 Å². The smallest absolute Gasteiger partial charge is 0.222 e. The monoisotopic (exact) mass is 398 g/mol. The second kappa shape index (κ2) is 10.2. The van der Waals surface area contributed by atoms with Crippen LogP contribution in [0.5, 0.6) is 0 Å². The summed E-state index contributed by atoms with van der Waals surface area (Å²) in [4.78, 5) is 18.9. The first-order valence-corrected chi connectivity index (χ1v) is 11.1. The average molecular weight is 399 g/mol. The van der Waals surface area contributed by atoms with Crippen LogP contribution in [-0.4, -0.2) is 28.9 Å². The van der Waals surface area contributed by atoms with Crippen molar-refractivity contribution in [1.82, 2.24) is 9.88 Å². The first kappa shape index (κ1) is 20.3. The molecule has 1 saturated heterocycles. The third kappa shape index (κ3) is 5.15. The van der Waals surface area contributed by atoms with E-state index in [2.05, 4.69) is 76.6 Å². The first-order chi connectivity index (χ1) is 14.8. The van der Waals surface area contributed by atoms with Gasteiger partial charge in [0, 0.05) is 37.8 Å². The van der Waals surface area contributed by atoms with Gasteiger partial charge in [-0.3, -0.25) is 9.78 Å². The molecule has 1 amide bonds. The zero-order chi connectivity index (χ0) is 20.6. The Morgan fingerprint density at radius 3 is 2.10 bits per heavy atom. The van der Waals surface area contributed by atoms with E-state index in [4.69, 9.17) is 0 Å². The predicted octanol–water partition coefficient (Wildman–Crippen LogP) is 5.48. The van der Waals surface area contributed by atoms with Crippen molar-refractivity contribution in [2.24, 2.45) is 5.92 Å². The third-order valence-corrected chi connectivity index (χ3v) is 6.26. The zero-order valence-electron chi connectivity index (χ0n) is 17.5. The number of aryl methyl sites for hydroxylation is 1. The van der Waals surface area contributed by atoms with Gasteiger partial charge < -0.3 is 4.90 Å². The van der Waals surface area contributed by atoms with E-state index in [1.807, 2.05) is 12.3 Å². The molecule has 0 spiro atoms. The highest BCUT2D eigenvalue weighted by Crippen LogP contribution is 2.38. The van der Waals surface area contributed by atoms with E-state index in [0.717, 1.165) is 38.8 Å². The van der Waals surface area contributed by atoms with Gasteiger partial charge in [-0.2, -0.15) is 0 Å². The van der Waals surface area contributed by atoms with Gasteiger partial charge >= 0.3 is 0 Å². The summed E-state index contributed by atoms with van der Waals surface area (Å²) < 4.78 is 0. The van der Waals surface area contributed by atoms with Crippen LogP contribution in [0.4, 0.5) is 0 Å². The number of likely N-dealkylation sites (tertiary alicyclic amines) is 1. The maximum absolute atomic E-state index is 12.7. The summed E-state index contributed by atoms with van der Waals surface area (Å²) in [5.41, 5.74) is 3.97. The van der Waals surface area contributed by atoms with E-state index >= 15 is 0 Å². The molecule has 0 radical (unpaired) electrons. The van der Waals surface area contributed by atoms with Crippen LogP contribution in [0.3, 0.4) is 0 Å². The number of carbonyl (C=O) groups is 1. The fourth-order valence-electron chi connectivity index (χ4n) is 4.69. The van der Waals surface area contributed by atoms with Gasteiger partial charge in [-0.05, 0) is 54.4 Å². The summed E-state index contributed by atoms with van der Waals surface area (Å²) in [7, 11) is 0. The highest BCUT2D eigenvalue weighted by atomic mass is 16.2. The number of nitrogens with zero attached hydrogens (tertiary/aromatic N) is 2. The Labute approximate surface area is 179 Å². The van der Waals surface area contributed by atoms with Crippen LogP contribution < -0.4 is 0 Å². The van der Waals surface area contributed by atoms with Crippen molar-refractivity contribution in [3.05, 3.63) is 102 Å². The van der Waals surface area contributed by atoms with Crippen LogP contribution in [0.2, 0.25) is 0 Å². The molecule has 30 heavy (non-hydrogen) atoms. The lowest BCUT2D eigenvalue weighted by molar-refractivity contribution is -0.132. The lowest BCUT2D eigenvalue weighted by Crippen LogP contribution is -2.39.